The quantitative estimate of drug-likeness (QED) is 0.0302. The van der Waals surface area contributed by atoms with Crippen LogP contribution in [-0.4, -0.2) is 112 Å². The van der Waals surface area contributed by atoms with E-state index in [0.29, 0.717) is 24.8 Å². The van der Waals surface area contributed by atoms with Crippen LogP contribution in [0.3, 0.4) is 0 Å². The molecule has 1 saturated heterocycles. The molecule has 0 bridgehead atoms. The Morgan fingerprint density at radius 3 is 1.11 bits per heavy atom. The van der Waals surface area contributed by atoms with Crippen molar-refractivity contribution in [2.75, 3.05) is 6.61 Å². The first-order valence-corrected chi connectivity index (χ1v) is 35.7. The SMILES string of the molecule is C.C.C.C.CC(C)Br.CCO.Cc1ccc(S(=O)(=O)C(C)C)cc1.Cc1ccc(S(=O)(=O)C(C)C)cc1B1OC(C)(C)C(C)(C)O1.Cc1ccc(S(=O)(=O)C(C)C)cc1Br.Cc1ccc(S)cc1.Cc1ccc(SC(C)C)cc1.O=S(=O)(O)O.[B]=NS.[K+].[OH-]. The van der Waals surface area contributed by atoms with E-state index in [2.05, 4.69) is 135 Å². The van der Waals surface area contributed by atoms with Gasteiger partial charge >= 0.3 is 93.7 Å². The van der Waals surface area contributed by atoms with Gasteiger partial charge in [-0.2, -0.15) is 8.42 Å². The maximum absolute atomic E-state index is 12.4. The molecule has 507 valence electrons. The van der Waals surface area contributed by atoms with Gasteiger partial charge in [-0.1, -0.05) is 160 Å². The average molecular weight is 1540 g/mol. The second-order valence-electron chi connectivity index (χ2n) is 20.8. The van der Waals surface area contributed by atoms with Crippen molar-refractivity contribution in [2.24, 2.45) is 4.30 Å². The topological polar surface area (TPSA) is 258 Å². The molecular weight excluding hydrogens is 1430 g/mol. The first-order valence-electron chi connectivity index (χ1n) is 26.2. The number of rotatable bonds is 9. The number of benzene rings is 5. The number of alkyl halides is 1. The molecule has 5 aromatic carbocycles. The number of hydrogen-bond acceptors (Lipinski definition) is 16. The molecule has 0 atom stereocenters. The molecule has 15 nitrogen and oxygen atoms in total. The zero-order valence-corrected chi connectivity index (χ0v) is 65.3. The Hall–Kier alpha value is -0.764. The van der Waals surface area contributed by atoms with Crippen LogP contribution in [-0.2, 0) is 49.2 Å². The van der Waals surface area contributed by atoms with Gasteiger partial charge in [0.15, 0.2) is 29.5 Å². The van der Waals surface area contributed by atoms with E-state index in [4.69, 9.17) is 31.9 Å². The van der Waals surface area contributed by atoms with Gasteiger partial charge in [0.05, 0.1) is 41.6 Å². The zero-order chi connectivity index (χ0) is 65.7. The van der Waals surface area contributed by atoms with Crippen LogP contribution in [0.2, 0.25) is 0 Å². The number of thioether (sulfide) groups is 1. The van der Waals surface area contributed by atoms with E-state index in [-0.39, 0.29) is 104 Å². The Balaban J connectivity index is -0.000000122. The summed E-state index contributed by atoms with van der Waals surface area (Å²) in [6, 6.07) is 33.9. The van der Waals surface area contributed by atoms with Crippen molar-refractivity contribution < 1.29 is 114 Å². The van der Waals surface area contributed by atoms with Gasteiger partial charge in [-0.15, -0.1) is 24.4 Å². The van der Waals surface area contributed by atoms with Crippen molar-refractivity contribution in [1.82, 2.24) is 0 Å². The van der Waals surface area contributed by atoms with Crippen LogP contribution in [0.5, 0.6) is 0 Å². The molecule has 0 aromatic heterocycles. The monoisotopic (exact) mass is 1530 g/mol. The summed E-state index contributed by atoms with van der Waals surface area (Å²) in [6.45, 7) is 38.5. The fourth-order valence-electron chi connectivity index (χ4n) is 5.75. The summed E-state index contributed by atoms with van der Waals surface area (Å²) in [5, 5.41) is 7.06. The first kappa shape index (κ1) is 107. The van der Waals surface area contributed by atoms with Gasteiger partial charge in [0.1, 0.15) is 0 Å². The number of nitrogens with zero attached hydrogens (tertiary/aromatic N) is 1. The van der Waals surface area contributed by atoms with Crippen molar-refractivity contribution in [3.8, 4) is 0 Å². The third kappa shape index (κ3) is 45.3. The van der Waals surface area contributed by atoms with Crippen LogP contribution in [0.15, 0.2) is 142 Å². The second kappa shape index (κ2) is 51.5. The molecule has 0 spiro atoms. The average Bonchev–Trinajstić information content (AvgIpc) is 3.57. The van der Waals surface area contributed by atoms with Crippen LogP contribution < -0.4 is 56.8 Å². The smallest absolute Gasteiger partial charge is 0.870 e. The van der Waals surface area contributed by atoms with Gasteiger partial charge in [-0.05, 0) is 182 Å². The van der Waals surface area contributed by atoms with E-state index in [1.807, 2.05) is 103 Å². The summed E-state index contributed by atoms with van der Waals surface area (Å²) in [5.74, 6) is 0. The number of sulfone groups is 3. The summed E-state index contributed by atoms with van der Waals surface area (Å²) in [4.78, 5) is 4.14. The Bertz CT molecular complexity index is 3090. The molecule has 1 radical (unpaired) electrons. The fourth-order valence-corrected chi connectivity index (χ4v) is 10.5. The van der Waals surface area contributed by atoms with Crippen LogP contribution in [0.1, 0.15) is 161 Å². The molecule has 0 aliphatic carbocycles. The van der Waals surface area contributed by atoms with E-state index in [9.17, 15) is 25.3 Å². The van der Waals surface area contributed by atoms with E-state index >= 15 is 0 Å². The molecule has 0 unspecified atom stereocenters. The van der Waals surface area contributed by atoms with Gasteiger partial charge < -0.3 is 19.9 Å². The third-order valence-corrected chi connectivity index (χ3v) is 19.8. The molecule has 4 N–H and O–H groups in total. The van der Waals surface area contributed by atoms with Crippen molar-refractivity contribution >= 4 is 129 Å². The fraction of sp³-hybridized carbons (Fsp3) is 0.516. The maximum Gasteiger partial charge on any atom is 1.00 e. The number of hydrogen-bond donors (Lipinski definition) is 5. The summed E-state index contributed by atoms with van der Waals surface area (Å²) in [6.07, 6.45) is 0. The Morgan fingerprint density at radius 2 is 0.831 bits per heavy atom. The van der Waals surface area contributed by atoms with Gasteiger partial charge in [-0.25, -0.2) is 25.3 Å². The molecule has 5 aromatic rings. The van der Waals surface area contributed by atoms with Crippen molar-refractivity contribution in [2.45, 2.75) is 230 Å². The Kier molecular flexibility index (Phi) is 61.9. The number of thiol groups is 2. The van der Waals surface area contributed by atoms with Crippen LogP contribution in [0.4, 0.5) is 0 Å². The Morgan fingerprint density at radius 1 is 0.573 bits per heavy atom. The molecule has 27 heteroatoms. The molecule has 1 heterocycles. The Labute approximate surface area is 618 Å². The minimum absolute atomic E-state index is 0. The predicted octanol–water partition coefficient (Wildman–Crippen LogP) is 14.1. The molecule has 0 amide bonds. The maximum atomic E-state index is 12.4. The van der Waals surface area contributed by atoms with E-state index in [1.165, 1.54) is 16.0 Å². The van der Waals surface area contributed by atoms with Gasteiger partial charge in [0, 0.05) is 30.9 Å². The summed E-state index contributed by atoms with van der Waals surface area (Å²) in [7, 11) is -10.4. The minimum Gasteiger partial charge on any atom is -0.870 e. The minimum atomic E-state index is -4.67. The molecular formula is C62H107B2Br2KNO14S7. The largest absolute Gasteiger partial charge is 1.00 e. The van der Waals surface area contributed by atoms with Crippen molar-refractivity contribution in [1.29, 1.82) is 0 Å². The number of aliphatic hydroxyl groups excluding tert-OH is 1. The molecule has 1 aliphatic rings. The molecule has 0 saturated carbocycles. The molecule has 1 aliphatic heterocycles. The third-order valence-electron chi connectivity index (χ3n) is 11.2. The number of aryl methyl sites for hydroxylation is 5. The van der Waals surface area contributed by atoms with Crippen molar-refractivity contribution in [3.05, 3.63) is 141 Å². The van der Waals surface area contributed by atoms with Crippen LogP contribution in [0, 0.1) is 34.6 Å². The first-order chi connectivity index (χ1) is 37.7. The second-order valence-corrected chi connectivity index (χ2v) is 34.3. The van der Waals surface area contributed by atoms with Crippen molar-refractivity contribution in [3.63, 3.8) is 0 Å². The predicted molar refractivity (Wildman–Crippen MR) is 392 cm³/mol. The number of halogens is 2. The normalized spacial score (nSPS) is 12.3. The summed E-state index contributed by atoms with van der Waals surface area (Å²) in [5.41, 5.74) is 5.56. The summed E-state index contributed by atoms with van der Waals surface area (Å²) < 4.78 is 119. The summed E-state index contributed by atoms with van der Waals surface area (Å²) >= 11 is 15.8. The van der Waals surface area contributed by atoms with Crippen LogP contribution >= 0.6 is 69.1 Å². The standard InChI is InChI=1S/C16H25BO4S.C10H13BrO2S.C10H14O2S.C10H14S.C7H8S.C3H7Br.C2H6O.4CH4.BHNS.K.H2O4S.H2O/c1-11(2)22(18,19)13-9-8-12(3)14(10-13)17-20-15(4,5)16(6,7)21-17;1-7(2)14(12,13)9-5-4-8(3)10(11)6-9;1-8(2)13(11,12)10-6-4-9(3)5-7-10;1-8(2)11-10-6-4-9(3)5-7-10;1-6-2-4-7(8)5-3-6;1-3(2)4;1-2-3;;;;;1-2-3;;1-5(2,3)4;/h8-11H,1-7H3;4-7H,1-3H3;4-8H,1-3H3;4-8H,1-3H3;2-5,8H,1H3;3H,1-2H3;3H,2H2,1H3;4*1H4;3H;;(H2,1,2,3,4);1H2/q;;;;;;;;;;;;+1;;/p-1. The van der Waals surface area contributed by atoms with Crippen LogP contribution in [0.25, 0.3) is 0 Å². The molecule has 6 rings (SSSR count). The van der Waals surface area contributed by atoms with E-state index < -0.39 is 63.5 Å². The zero-order valence-electron chi connectivity index (χ0n) is 53.2. The number of aliphatic hydroxyl groups is 1. The van der Waals surface area contributed by atoms with Gasteiger partial charge in [0.2, 0.25) is 0 Å². The molecule has 1 fully saturated rings. The van der Waals surface area contributed by atoms with Gasteiger partial charge in [0.25, 0.3) is 0 Å². The van der Waals surface area contributed by atoms with E-state index in [1.54, 1.807) is 90.9 Å². The van der Waals surface area contributed by atoms with Gasteiger partial charge in [-0.3, -0.25) is 9.11 Å². The van der Waals surface area contributed by atoms with E-state index in [0.717, 1.165) is 31.5 Å². The molecule has 89 heavy (non-hydrogen) atoms.